The zero-order valence-electron chi connectivity index (χ0n) is 9.84. The maximum Gasteiger partial charge on any atom is 0.0624 e. The lowest BCUT2D eigenvalue weighted by molar-refractivity contribution is 0.207. The molecule has 1 aliphatic carbocycles. The Morgan fingerprint density at radius 1 is 0.600 bits per heavy atom. The first-order valence-electron chi connectivity index (χ1n) is 6.61. The number of hydrogen-bond donors (Lipinski definition) is 0. The molecule has 0 aromatic carbocycles. The topological polar surface area (TPSA) is 32.3 Å². The van der Waals surface area contributed by atoms with E-state index in [2.05, 4.69) is 5.16 Å². The molecular weight excluding hydrogens is 186 g/mol. The molecule has 1 aliphatic rings. The van der Waals surface area contributed by atoms with E-state index in [0.29, 0.717) is 0 Å². The van der Waals surface area contributed by atoms with Gasteiger partial charge in [0.2, 0.25) is 0 Å². The average molecular weight is 210 g/mol. The first kappa shape index (κ1) is 12.5. The summed E-state index contributed by atoms with van der Waals surface area (Å²) in [5, 5.41) is 13.7. The van der Waals surface area contributed by atoms with Crippen molar-refractivity contribution in [1.29, 1.82) is 0 Å². The standard InChI is InChI=1S/C13H24NO/c15-14-13-11-9-7-5-3-1-2-4-6-8-10-12-13/h1-12H2. The fourth-order valence-corrected chi connectivity index (χ4v) is 2.29. The third-order valence-corrected chi connectivity index (χ3v) is 3.31. The fourth-order valence-electron chi connectivity index (χ4n) is 2.29. The molecule has 1 rings (SSSR count). The predicted molar refractivity (Wildman–Crippen MR) is 63.5 cm³/mol. The summed E-state index contributed by atoms with van der Waals surface area (Å²) in [6, 6.07) is 0. The molecule has 0 atom stereocenters. The lowest BCUT2D eigenvalue weighted by Crippen LogP contribution is -1.98. The van der Waals surface area contributed by atoms with Crippen LogP contribution in [0.4, 0.5) is 0 Å². The van der Waals surface area contributed by atoms with Crippen molar-refractivity contribution in [1.82, 2.24) is 0 Å². The van der Waals surface area contributed by atoms with Gasteiger partial charge < -0.3 is 0 Å². The highest BCUT2D eigenvalue weighted by atomic mass is 16.4. The summed E-state index contributed by atoms with van der Waals surface area (Å²) in [5.41, 5.74) is 0.911. The summed E-state index contributed by atoms with van der Waals surface area (Å²) in [6.07, 6.45) is 15.0. The largest absolute Gasteiger partial charge is 0.145 e. The maximum atomic E-state index is 10.6. The lowest BCUT2D eigenvalue weighted by atomic mass is 10.0. The third kappa shape index (κ3) is 6.53. The molecule has 0 aliphatic heterocycles. The van der Waals surface area contributed by atoms with Crippen LogP contribution in [0, 0.1) is 0 Å². The van der Waals surface area contributed by atoms with Crippen LogP contribution in [0.15, 0.2) is 5.16 Å². The molecule has 15 heavy (non-hydrogen) atoms. The van der Waals surface area contributed by atoms with Gasteiger partial charge in [-0.05, 0) is 30.8 Å². The quantitative estimate of drug-likeness (QED) is 0.528. The Bertz CT molecular complexity index is 161. The Morgan fingerprint density at radius 2 is 0.933 bits per heavy atom. The summed E-state index contributed by atoms with van der Waals surface area (Å²) in [5.74, 6) is 0. The smallest absolute Gasteiger partial charge is 0.0624 e. The summed E-state index contributed by atoms with van der Waals surface area (Å²) in [4.78, 5) is 0. The fraction of sp³-hybridized carbons (Fsp3) is 0.923. The van der Waals surface area contributed by atoms with E-state index in [0.717, 1.165) is 18.6 Å². The van der Waals surface area contributed by atoms with Crippen molar-refractivity contribution in [2.75, 3.05) is 0 Å². The molecule has 0 amide bonds. The number of rotatable bonds is 0. The molecule has 0 unspecified atom stereocenters. The highest BCUT2D eigenvalue weighted by Gasteiger charge is 2.02. The van der Waals surface area contributed by atoms with Crippen LogP contribution < -0.4 is 0 Å². The Kier molecular flexibility index (Phi) is 7.32. The van der Waals surface area contributed by atoms with E-state index in [9.17, 15) is 5.21 Å². The molecule has 87 valence electrons. The van der Waals surface area contributed by atoms with E-state index in [-0.39, 0.29) is 0 Å². The van der Waals surface area contributed by atoms with E-state index in [1.54, 1.807) is 0 Å². The van der Waals surface area contributed by atoms with Crippen LogP contribution >= 0.6 is 0 Å². The van der Waals surface area contributed by atoms with Gasteiger partial charge in [0, 0.05) is 0 Å². The van der Waals surface area contributed by atoms with Crippen molar-refractivity contribution in [3.8, 4) is 0 Å². The van der Waals surface area contributed by atoms with Crippen molar-refractivity contribution in [3.63, 3.8) is 0 Å². The van der Waals surface area contributed by atoms with Gasteiger partial charge in [0.05, 0.1) is 5.71 Å². The second-order valence-electron chi connectivity index (χ2n) is 4.69. The molecule has 0 bridgehead atoms. The molecule has 2 heteroatoms. The van der Waals surface area contributed by atoms with E-state index < -0.39 is 0 Å². The summed E-state index contributed by atoms with van der Waals surface area (Å²) >= 11 is 0. The molecular formula is C13H24NO. The molecule has 1 radical (unpaired) electrons. The van der Waals surface area contributed by atoms with Gasteiger partial charge in [-0.1, -0.05) is 51.4 Å². The highest BCUT2D eigenvalue weighted by molar-refractivity contribution is 5.83. The first-order valence-corrected chi connectivity index (χ1v) is 6.61. The molecule has 0 spiro atoms. The van der Waals surface area contributed by atoms with E-state index >= 15 is 0 Å². The van der Waals surface area contributed by atoms with Gasteiger partial charge >= 0.3 is 0 Å². The van der Waals surface area contributed by atoms with Gasteiger partial charge in [-0.15, -0.1) is 5.21 Å². The Morgan fingerprint density at radius 3 is 1.27 bits per heavy atom. The second kappa shape index (κ2) is 8.75. The number of nitrogens with zero attached hydrogens (tertiary/aromatic N) is 1. The van der Waals surface area contributed by atoms with Gasteiger partial charge in [-0.3, -0.25) is 0 Å². The van der Waals surface area contributed by atoms with Crippen molar-refractivity contribution in [2.24, 2.45) is 5.16 Å². The zero-order chi connectivity index (χ0) is 10.8. The van der Waals surface area contributed by atoms with Crippen molar-refractivity contribution in [3.05, 3.63) is 0 Å². The molecule has 0 aromatic heterocycles. The van der Waals surface area contributed by atoms with Gasteiger partial charge in [-0.25, -0.2) is 0 Å². The van der Waals surface area contributed by atoms with Crippen LogP contribution in [0.25, 0.3) is 0 Å². The molecule has 0 saturated heterocycles. The summed E-state index contributed by atoms with van der Waals surface area (Å²) in [7, 11) is 0. The minimum atomic E-state index is 0.911. The van der Waals surface area contributed by atoms with Gasteiger partial charge in [-0.2, -0.15) is 0 Å². The van der Waals surface area contributed by atoms with Gasteiger partial charge in [0.25, 0.3) is 0 Å². The zero-order valence-corrected chi connectivity index (χ0v) is 9.84. The molecule has 0 aromatic rings. The van der Waals surface area contributed by atoms with Crippen molar-refractivity contribution < 1.29 is 5.21 Å². The molecule has 2 nitrogen and oxygen atoms in total. The second-order valence-corrected chi connectivity index (χ2v) is 4.69. The predicted octanol–water partition coefficient (Wildman–Crippen LogP) is 4.47. The van der Waals surface area contributed by atoms with Crippen LogP contribution in [-0.4, -0.2) is 5.71 Å². The van der Waals surface area contributed by atoms with Crippen LogP contribution in [-0.2, 0) is 5.21 Å². The van der Waals surface area contributed by atoms with E-state index in [1.807, 2.05) is 0 Å². The Balaban J connectivity index is 2.24. The Hall–Kier alpha value is -0.530. The lowest BCUT2D eigenvalue weighted by Gasteiger charge is -2.02. The van der Waals surface area contributed by atoms with Crippen molar-refractivity contribution in [2.45, 2.75) is 77.0 Å². The van der Waals surface area contributed by atoms with Crippen LogP contribution in [0.1, 0.15) is 77.0 Å². The van der Waals surface area contributed by atoms with Crippen LogP contribution in [0.2, 0.25) is 0 Å². The van der Waals surface area contributed by atoms with Gasteiger partial charge in [0.15, 0.2) is 0 Å². The minimum Gasteiger partial charge on any atom is -0.145 e. The molecule has 1 fully saturated rings. The monoisotopic (exact) mass is 210 g/mol. The molecule has 1 saturated carbocycles. The van der Waals surface area contributed by atoms with Gasteiger partial charge in [0.1, 0.15) is 0 Å². The van der Waals surface area contributed by atoms with Crippen LogP contribution in [0.3, 0.4) is 0 Å². The van der Waals surface area contributed by atoms with Crippen molar-refractivity contribution >= 4 is 5.71 Å². The third-order valence-electron chi connectivity index (χ3n) is 3.31. The summed E-state index contributed by atoms with van der Waals surface area (Å²) < 4.78 is 0. The minimum absolute atomic E-state index is 0.911. The van der Waals surface area contributed by atoms with Crippen LogP contribution in [0.5, 0.6) is 0 Å². The normalized spacial score (nSPS) is 22.3. The first-order chi connectivity index (χ1) is 7.43. The molecule has 0 heterocycles. The number of hydrogen-bond acceptors (Lipinski definition) is 1. The summed E-state index contributed by atoms with van der Waals surface area (Å²) in [6.45, 7) is 0. The highest BCUT2D eigenvalue weighted by Crippen LogP contribution is 2.15. The Labute approximate surface area is 93.8 Å². The van der Waals surface area contributed by atoms with E-state index in [1.165, 1.54) is 64.2 Å². The molecule has 0 N–H and O–H groups in total. The van der Waals surface area contributed by atoms with E-state index in [4.69, 9.17) is 0 Å². The average Bonchev–Trinajstić information content (AvgIpc) is 2.29. The maximum absolute atomic E-state index is 10.6. The SMILES string of the molecule is [O]N=C1CCCCCCCCCCCC1.